The van der Waals surface area contributed by atoms with Gasteiger partial charge in [-0.15, -0.1) is 0 Å². The lowest BCUT2D eigenvalue weighted by Gasteiger charge is -2.27. The lowest BCUT2D eigenvalue weighted by atomic mass is 10.1. The van der Waals surface area contributed by atoms with Crippen LogP contribution >= 0.6 is 0 Å². The quantitative estimate of drug-likeness (QED) is 0.633. The van der Waals surface area contributed by atoms with Gasteiger partial charge in [-0.1, -0.05) is 18.2 Å². The minimum atomic E-state index is 0.112. The van der Waals surface area contributed by atoms with Crippen molar-refractivity contribution in [1.82, 2.24) is 20.5 Å². The third-order valence-corrected chi connectivity index (χ3v) is 4.35. The number of nitrogens with one attached hydrogen (secondary N) is 2. The second-order valence-electron chi connectivity index (χ2n) is 6.23. The Morgan fingerprint density at radius 1 is 1.19 bits per heavy atom. The molecule has 7 heteroatoms. The van der Waals surface area contributed by atoms with E-state index in [1.165, 1.54) is 6.42 Å². The summed E-state index contributed by atoms with van der Waals surface area (Å²) < 4.78 is 5.52. The lowest BCUT2D eigenvalue weighted by molar-refractivity contribution is -0.130. The van der Waals surface area contributed by atoms with Crippen molar-refractivity contribution < 1.29 is 9.21 Å². The molecule has 0 spiro atoms. The van der Waals surface area contributed by atoms with Crippen molar-refractivity contribution in [3.05, 3.63) is 42.3 Å². The van der Waals surface area contributed by atoms with Gasteiger partial charge in [0.15, 0.2) is 5.96 Å². The minimum Gasteiger partial charge on any atom is -0.444 e. The number of nitrogens with zero attached hydrogens (tertiary/aromatic N) is 3. The Balaban J connectivity index is 1.47. The monoisotopic (exact) mass is 355 g/mol. The van der Waals surface area contributed by atoms with Gasteiger partial charge in [-0.3, -0.25) is 9.79 Å². The number of hydrogen-bond acceptors (Lipinski definition) is 4. The van der Waals surface area contributed by atoms with Crippen molar-refractivity contribution in [1.29, 1.82) is 0 Å². The third kappa shape index (κ3) is 4.84. The van der Waals surface area contributed by atoms with Crippen LogP contribution in [0.2, 0.25) is 0 Å². The molecular formula is C19H25N5O2. The summed E-state index contributed by atoms with van der Waals surface area (Å²) in [4.78, 5) is 22.7. The van der Waals surface area contributed by atoms with E-state index in [-0.39, 0.29) is 12.5 Å². The Morgan fingerprint density at radius 3 is 2.69 bits per heavy atom. The van der Waals surface area contributed by atoms with E-state index in [1.54, 1.807) is 13.3 Å². The molecule has 0 atom stereocenters. The summed E-state index contributed by atoms with van der Waals surface area (Å²) in [7, 11) is 1.68. The molecule has 1 aromatic heterocycles. The Kier molecular flexibility index (Phi) is 6.24. The van der Waals surface area contributed by atoms with Gasteiger partial charge in [0.1, 0.15) is 6.26 Å². The molecule has 1 aliphatic heterocycles. The molecule has 7 nitrogen and oxygen atoms in total. The van der Waals surface area contributed by atoms with E-state index in [1.807, 2.05) is 35.2 Å². The van der Waals surface area contributed by atoms with Gasteiger partial charge in [-0.05, 0) is 31.4 Å². The number of aromatic nitrogens is 1. The molecule has 0 radical (unpaired) electrons. The minimum absolute atomic E-state index is 0.112. The van der Waals surface area contributed by atoms with Crippen LogP contribution in [-0.4, -0.2) is 48.4 Å². The van der Waals surface area contributed by atoms with Crippen molar-refractivity contribution in [2.24, 2.45) is 4.99 Å². The largest absolute Gasteiger partial charge is 0.444 e. The first-order valence-electron chi connectivity index (χ1n) is 8.98. The molecule has 3 rings (SSSR count). The van der Waals surface area contributed by atoms with Gasteiger partial charge in [0.2, 0.25) is 11.8 Å². The first-order valence-corrected chi connectivity index (χ1v) is 8.98. The molecule has 138 valence electrons. The van der Waals surface area contributed by atoms with Gasteiger partial charge >= 0.3 is 0 Å². The second-order valence-corrected chi connectivity index (χ2v) is 6.23. The molecule has 1 aromatic carbocycles. The van der Waals surface area contributed by atoms with E-state index in [0.29, 0.717) is 18.4 Å². The molecule has 1 fully saturated rings. The number of piperidine rings is 1. The average Bonchev–Trinajstić information content (AvgIpc) is 3.18. The van der Waals surface area contributed by atoms with E-state index in [0.717, 1.165) is 37.2 Å². The van der Waals surface area contributed by atoms with Crippen LogP contribution in [0.3, 0.4) is 0 Å². The summed E-state index contributed by atoms with van der Waals surface area (Å²) in [5, 5.41) is 6.22. The molecule has 2 aromatic rings. The van der Waals surface area contributed by atoms with Crippen molar-refractivity contribution in [3.63, 3.8) is 0 Å². The van der Waals surface area contributed by atoms with E-state index < -0.39 is 0 Å². The maximum atomic E-state index is 12.2. The normalized spacial score (nSPS) is 15.0. The first kappa shape index (κ1) is 18.0. The van der Waals surface area contributed by atoms with E-state index in [9.17, 15) is 4.79 Å². The van der Waals surface area contributed by atoms with Crippen molar-refractivity contribution in [2.75, 3.05) is 26.7 Å². The van der Waals surface area contributed by atoms with Crippen LogP contribution in [0, 0.1) is 0 Å². The van der Waals surface area contributed by atoms with Crippen LogP contribution in [-0.2, 0) is 11.3 Å². The Labute approximate surface area is 153 Å². The average molecular weight is 355 g/mol. The number of guanidine groups is 1. The highest BCUT2D eigenvalue weighted by molar-refractivity contribution is 5.86. The van der Waals surface area contributed by atoms with Gasteiger partial charge in [0, 0.05) is 25.7 Å². The van der Waals surface area contributed by atoms with Gasteiger partial charge in [0.05, 0.1) is 18.8 Å². The summed E-state index contributed by atoms with van der Waals surface area (Å²) in [5.41, 5.74) is 1.71. The molecule has 0 saturated carbocycles. The Bertz CT molecular complexity index is 735. The van der Waals surface area contributed by atoms with Crippen LogP contribution in [0.4, 0.5) is 0 Å². The number of oxazole rings is 1. The summed E-state index contributed by atoms with van der Waals surface area (Å²) in [5.74, 6) is 1.27. The molecule has 1 saturated heterocycles. The zero-order valence-electron chi connectivity index (χ0n) is 15.1. The lowest BCUT2D eigenvalue weighted by Crippen LogP contribution is -2.45. The van der Waals surface area contributed by atoms with E-state index in [2.05, 4.69) is 20.6 Å². The number of benzene rings is 1. The van der Waals surface area contributed by atoms with Crippen LogP contribution in [0.15, 0.2) is 46.0 Å². The molecular weight excluding hydrogens is 330 g/mol. The summed E-state index contributed by atoms with van der Waals surface area (Å²) in [6, 6.07) is 9.76. The fraction of sp³-hybridized carbons (Fsp3) is 0.421. The van der Waals surface area contributed by atoms with Crippen LogP contribution in [0.1, 0.15) is 25.0 Å². The van der Waals surface area contributed by atoms with Gasteiger partial charge < -0.3 is 20.0 Å². The summed E-state index contributed by atoms with van der Waals surface area (Å²) in [6.07, 6.45) is 5.02. The highest BCUT2D eigenvalue weighted by Gasteiger charge is 2.16. The number of hydrogen-bond donors (Lipinski definition) is 2. The molecule has 2 heterocycles. The van der Waals surface area contributed by atoms with E-state index in [4.69, 9.17) is 4.42 Å². The topological polar surface area (TPSA) is 82.8 Å². The van der Waals surface area contributed by atoms with Crippen LogP contribution in [0.25, 0.3) is 11.5 Å². The maximum absolute atomic E-state index is 12.2. The van der Waals surface area contributed by atoms with Crippen molar-refractivity contribution in [3.8, 4) is 11.5 Å². The van der Waals surface area contributed by atoms with Crippen molar-refractivity contribution in [2.45, 2.75) is 25.8 Å². The predicted octanol–water partition coefficient (Wildman–Crippen LogP) is 2.02. The number of carbonyl (C=O) groups is 1. The third-order valence-electron chi connectivity index (χ3n) is 4.35. The number of likely N-dealkylation sites (tertiary alicyclic amines) is 1. The fourth-order valence-electron chi connectivity index (χ4n) is 2.91. The van der Waals surface area contributed by atoms with Crippen molar-refractivity contribution >= 4 is 11.9 Å². The highest BCUT2D eigenvalue weighted by atomic mass is 16.3. The van der Waals surface area contributed by atoms with Gasteiger partial charge in [-0.25, -0.2) is 4.98 Å². The van der Waals surface area contributed by atoms with Gasteiger partial charge in [-0.2, -0.15) is 0 Å². The van der Waals surface area contributed by atoms with Gasteiger partial charge in [0.25, 0.3) is 0 Å². The molecule has 2 N–H and O–H groups in total. The fourth-order valence-corrected chi connectivity index (χ4v) is 2.91. The van der Waals surface area contributed by atoms with Crippen LogP contribution in [0.5, 0.6) is 0 Å². The summed E-state index contributed by atoms with van der Waals surface area (Å²) in [6.45, 7) is 2.42. The number of aliphatic imine (C=N–C) groups is 1. The maximum Gasteiger partial charge on any atom is 0.241 e. The number of carbonyl (C=O) groups excluding carboxylic acids is 1. The second kappa shape index (κ2) is 9.03. The zero-order chi connectivity index (χ0) is 18.2. The van der Waals surface area contributed by atoms with E-state index >= 15 is 0 Å². The smallest absolute Gasteiger partial charge is 0.241 e. The molecule has 1 amide bonds. The molecule has 1 aliphatic rings. The number of rotatable bonds is 5. The SMILES string of the molecule is CN=C(NCC(=O)N1CCCCC1)NCc1coc(-c2ccccc2)n1. The number of amides is 1. The summed E-state index contributed by atoms with van der Waals surface area (Å²) >= 11 is 0. The highest BCUT2D eigenvalue weighted by Crippen LogP contribution is 2.17. The Hall–Kier alpha value is -2.83. The van der Waals surface area contributed by atoms with Crippen LogP contribution < -0.4 is 10.6 Å². The first-order chi connectivity index (χ1) is 12.8. The molecule has 0 bridgehead atoms. The standard InChI is InChI=1S/C19H25N5O2/c1-20-19(22-13-17(25)24-10-6-3-7-11-24)21-12-16-14-26-18(23-16)15-8-4-2-5-9-15/h2,4-5,8-9,14H,3,6-7,10-13H2,1H3,(H2,20,21,22). The molecule has 0 aliphatic carbocycles. The zero-order valence-corrected chi connectivity index (χ0v) is 15.1. The molecule has 26 heavy (non-hydrogen) atoms. The molecule has 0 unspecified atom stereocenters. The Morgan fingerprint density at radius 2 is 1.96 bits per heavy atom. The predicted molar refractivity (Wildman–Crippen MR) is 101 cm³/mol.